The van der Waals surface area contributed by atoms with Crippen LogP contribution in [0.15, 0.2) is 34.7 Å². The molecule has 0 saturated carbocycles. The number of pyridine rings is 1. The van der Waals surface area contributed by atoms with E-state index < -0.39 is 5.60 Å². The first-order valence-corrected chi connectivity index (χ1v) is 8.82. The molecule has 0 spiro atoms. The summed E-state index contributed by atoms with van der Waals surface area (Å²) in [6, 6.07) is 9.48. The molecule has 4 aromatic rings. The van der Waals surface area contributed by atoms with Crippen LogP contribution in [0.2, 0.25) is 0 Å². The van der Waals surface area contributed by atoms with Gasteiger partial charge in [-0.25, -0.2) is 9.67 Å². The average Bonchev–Trinajstić information content (AvgIpc) is 3.28. The van der Waals surface area contributed by atoms with Gasteiger partial charge in [0.25, 0.3) is 0 Å². The van der Waals surface area contributed by atoms with Gasteiger partial charge >= 0.3 is 0 Å². The van der Waals surface area contributed by atoms with Crippen LogP contribution in [-0.4, -0.2) is 37.1 Å². The smallest absolute Gasteiger partial charge is 0.222 e. The molecule has 9 nitrogen and oxygen atoms in total. The van der Waals surface area contributed by atoms with Crippen LogP contribution in [0.4, 0.5) is 5.95 Å². The van der Waals surface area contributed by atoms with Crippen molar-refractivity contribution in [1.82, 2.24) is 29.9 Å². The third kappa shape index (κ3) is 3.20. The number of ether oxygens (including phenoxy) is 1. The van der Waals surface area contributed by atoms with E-state index >= 15 is 0 Å². The molecule has 4 aromatic heterocycles. The minimum absolute atomic E-state index is 0.127. The molecule has 2 N–H and O–H groups in total. The standard InChI is InChI=1S/C19H21N7O2/c1-11-8-9-13(28-11)15-16-17(23-18(20)22-15)26(25-24-16)10-12-6-5-7-14(21-12)19(2,3)27-4/h5-9H,10H2,1-4H3,(H2,20,22,23). The summed E-state index contributed by atoms with van der Waals surface area (Å²) >= 11 is 0. The summed E-state index contributed by atoms with van der Waals surface area (Å²) in [6.45, 7) is 6.19. The van der Waals surface area contributed by atoms with E-state index in [1.54, 1.807) is 11.8 Å². The second-order valence-corrected chi connectivity index (χ2v) is 6.99. The molecule has 144 valence electrons. The first-order valence-electron chi connectivity index (χ1n) is 8.82. The topological polar surface area (TPSA) is 118 Å². The molecule has 28 heavy (non-hydrogen) atoms. The van der Waals surface area contributed by atoms with Gasteiger partial charge in [-0.2, -0.15) is 4.98 Å². The molecule has 0 aromatic carbocycles. The Labute approximate surface area is 161 Å². The monoisotopic (exact) mass is 379 g/mol. The molecule has 0 fully saturated rings. The Morgan fingerprint density at radius 1 is 1.14 bits per heavy atom. The lowest BCUT2D eigenvalue weighted by Gasteiger charge is -2.22. The number of anilines is 1. The summed E-state index contributed by atoms with van der Waals surface area (Å²) in [6.07, 6.45) is 0. The van der Waals surface area contributed by atoms with Crippen LogP contribution in [0, 0.1) is 6.92 Å². The number of methoxy groups -OCH3 is 1. The van der Waals surface area contributed by atoms with Crippen LogP contribution >= 0.6 is 0 Å². The number of aromatic nitrogens is 6. The molecule has 0 radical (unpaired) electrons. The predicted octanol–water partition coefficient (Wildman–Crippen LogP) is 2.70. The SMILES string of the molecule is COC(C)(C)c1cccc(Cn2nnc3c(-c4ccc(C)o4)nc(N)nc32)n1. The van der Waals surface area contributed by atoms with Crippen molar-refractivity contribution in [3.8, 4) is 11.5 Å². The highest BCUT2D eigenvalue weighted by molar-refractivity contribution is 5.86. The molecule has 0 saturated heterocycles. The van der Waals surface area contributed by atoms with Gasteiger partial charge in [-0.15, -0.1) is 5.10 Å². The molecule has 0 aliphatic rings. The summed E-state index contributed by atoms with van der Waals surface area (Å²) in [5, 5.41) is 8.48. The fraction of sp³-hybridized carbons (Fsp3) is 0.316. The van der Waals surface area contributed by atoms with Crippen molar-refractivity contribution in [2.24, 2.45) is 0 Å². The maximum absolute atomic E-state index is 5.92. The molecule has 0 amide bonds. The zero-order valence-electron chi connectivity index (χ0n) is 16.2. The Bertz CT molecular complexity index is 1150. The number of hydrogen-bond acceptors (Lipinski definition) is 8. The number of hydrogen-bond donors (Lipinski definition) is 1. The minimum Gasteiger partial charge on any atom is -0.460 e. The number of nitrogens with zero attached hydrogens (tertiary/aromatic N) is 6. The predicted molar refractivity (Wildman–Crippen MR) is 103 cm³/mol. The lowest BCUT2D eigenvalue weighted by molar-refractivity contribution is 0.0153. The van der Waals surface area contributed by atoms with E-state index in [1.807, 2.05) is 51.1 Å². The molecular weight excluding hydrogens is 358 g/mol. The van der Waals surface area contributed by atoms with Crippen LogP contribution in [0.25, 0.3) is 22.6 Å². The third-order valence-corrected chi connectivity index (χ3v) is 4.60. The van der Waals surface area contributed by atoms with Gasteiger partial charge in [0.1, 0.15) is 17.1 Å². The largest absolute Gasteiger partial charge is 0.460 e. The lowest BCUT2D eigenvalue weighted by atomic mass is 10.0. The molecule has 4 heterocycles. The number of nitrogen functional groups attached to an aromatic ring is 1. The summed E-state index contributed by atoms with van der Waals surface area (Å²) in [7, 11) is 1.66. The number of nitrogens with two attached hydrogens (primary N) is 1. The number of rotatable bonds is 5. The minimum atomic E-state index is -0.489. The van der Waals surface area contributed by atoms with Gasteiger partial charge in [-0.05, 0) is 45.0 Å². The Morgan fingerprint density at radius 3 is 2.68 bits per heavy atom. The highest BCUT2D eigenvalue weighted by atomic mass is 16.5. The van der Waals surface area contributed by atoms with Crippen LogP contribution in [0.3, 0.4) is 0 Å². The van der Waals surface area contributed by atoms with E-state index in [4.69, 9.17) is 19.9 Å². The van der Waals surface area contributed by atoms with E-state index in [1.165, 1.54) is 0 Å². The van der Waals surface area contributed by atoms with Crippen LogP contribution in [0.5, 0.6) is 0 Å². The molecule has 0 bridgehead atoms. The van der Waals surface area contributed by atoms with E-state index in [-0.39, 0.29) is 5.95 Å². The van der Waals surface area contributed by atoms with Crippen molar-refractivity contribution in [1.29, 1.82) is 0 Å². The normalized spacial score (nSPS) is 12.0. The van der Waals surface area contributed by atoms with Crippen molar-refractivity contribution in [2.45, 2.75) is 32.9 Å². The zero-order valence-corrected chi connectivity index (χ0v) is 16.2. The van der Waals surface area contributed by atoms with E-state index in [0.717, 1.165) is 17.1 Å². The van der Waals surface area contributed by atoms with Crippen LogP contribution in [-0.2, 0) is 16.9 Å². The van der Waals surface area contributed by atoms with E-state index in [2.05, 4.69) is 20.3 Å². The molecule has 9 heteroatoms. The number of fused-ring (bicyclic) bond motifs is 1. The average molecular weight is 379 g/mol. The van der Waals surface area contributed by atoms with Gasteiger partial charge in [-0.3, -0.25) is 4.98 Å². The number of aryl methyl sites for hydroxylation is 1. The van der Waals surface area contributed by atoms with Crippen LogP contribution in [0.1, 0.15) is 31.0 Å². The Morgan fingerprint density at radius 2 is 1.96 bits per heavy atom. The summed E-state index contributed by atoms with van der Waals surface area (Å²) < 4.78 is 12.8. The zero-order chi connectivity index (χ0) is 19.9. The van der Waals surface area contributed by atoms with Crippen molar-refractivity contribution in [2.75, 3.05) is 12.8 Å². The van der Waals surface area contributed by atoms with Gasteiger partial charge in [-0.1, -0.05) is 11.3 Å². The second kappa shape index (κ2) is 6.68. The molecule has 4 rings (SSSR count). The Kier molecular flexibility index (Phi) is 4.31. The fourth-order valence-corrected chi connectivity index (χ4v) is 2.87. The highest BCUT2D eigenvalue weighted by Crippen LogP contribution is 2.27. The summed E-state index contributed by atoms with van der Waals surface area (Å²) in [5.74, 6) is 1.47. The Balaban J connectivity index is 1.75. The Hall–Kier alpha value is -3.33. The van der Waals surface area contributed by atoms with Gasteiger partial charge in [0.15, 0.2) is 16.9 Å². The maximum Gasteiger partial charge on any atom is 0.222 e. The quantitative estimate of drug-likeness (QED) is 0.562. The second-order valence-electron chi connectivity index (χ2n) is 6.99. The van der Waals surface area contributed by atoms with Gasteiger partial charge in [0.05, 0.1) is 17.9 Å². The van der Waals surface area contributed by atoms with Gasteiger partial charge in [0.2, 0.25) is 5.95 Å². The van der Waals surface area contributed by atoms with Crippen LogP contribution < -0.4 is 5.73 Å². The van der Waals surface area contributed by atoms with Gasteiger partial charge < -0.3 is 14.9 Å². The number of furan rings is 1. The maximum atomic E-state index is 5.92. The fourth-order valence-electron chi connectivity index (χ4n) is 2.87. The lowest BCUT2D eigenvalue weighted by Crippen LogP contribution is -2.22. The molecule has 0 aliphatic carbocycles. The molecule has 0 unspecified atom stereocenters. The highest BCUT2D eigenvalue weighted by Gasteiger charge is 2.22. The van der Waals surface area contributed by atoms with Crippen molar-refractivity contribution in [3.63, 3.8) is 0 Å². The third-order valence-electron chi connectivity index (χ3n) is 4.60. The van der Waals surface area contributed by atoms with Crippen molar-refractivity contribution >= 4 is 17.1 Å². The first-order chi connectivity index (χ1) is 13.4. The van der Waals surface area contributed by atoms with Crippen molar-refractivity contribution < 1.29 is 9.15 Å². The summed E-state index contributed by atoms with van der Waals surface area (Å²) in [5.41, 5.74) is 8.64. The molecule has 0 aliphatic heterocycles. The first kappa shape index (κ1) is 18.1. The summed E-state index contributed by atoms with van der Waals surface area (Å²) in [4.78, 5) is 13.3. The van der Waals surface area contributed by atoms with Crippen molar-refractivity contribution in [3.05, 3.63) is 47.5 Å². The van der Waals surface area contributed by atoms with Gasteiger partial charge in [0, 0.05) is 7.11 Å². The molecule has 0 atom stereocenters. The molecular formula is C19H21N7O2. The van der Waals surface area contributed by atoms with E-state index in [9.17, 15) is 0 Å². The van der Waals surface area contributed by atoms with E-state index in [0.29, 0.717) is 29.2 Å².